The van der Waals surface area contributed by atoms with E-state index in [9.17, 15) is 19.7 Å². The van der Waals surface area contributed by atoms with Crippen LogP contribution in [0.25, 0.3) is 0 Å². The zero-order valence-electron chi connectivity index (χ0n) is 9.66. The fraction of sp³-hybridized carbons (Fsp3) is 0.273. The minimum atomic E-state index is -1.06. The van der Waals surface area contributed by atoms with Crippen molar-refractivity contribution in [1.29, 1.82) is 0 Å². The average Bonchev–Trinajstić information content (AvgIpc) is 2.49. The number of benzene rings is 1. The van der Waals surface area contributed by atoms with E-state index in [-0.39, 0.29) is 24.6 Å². The van der Waals surface area contributed by atoms with Crippen molar-refractivity contribution in [3.05, 3.63) is 33.9 Å². The highest BCUT2D eigenvalue weighted by molar-refractivity contribution is 8.00. The average molecular weight is 282 g/mol. The number of nitrogens with zero attached hydrogens (tertiary/aromatic N) is 1. The summed E-state index contributed by atoms with van der Waals surface area (Å²) in [5.74, 6) is -1.43. The molecule has 19 heavy (non-hydrogen) atoms. The summed E-state index contributed by atoms with van der Waals surface area (Å²) in [6.07, 6.45) is -0.285. The second-order valence-corrected chi connectivity index (χ2v) is 5.22. The van der Waals surface area contributed by atoms with E-state index in [1.165, 1.54) is 12.1 Å². The first-order valence-electron chi connectivity index (χ1n) is 5.41. The van der Waals surface area contributed by atoms with Gasteiger partial charge in [0.25, 0.3) is 5.69 Å². The van der Waals surface area contributed by atoms with Gasteiger partial charge in [0.15, 0.2) is 0 Å². The third kappa shape index (κ3) is 3.02. The lowest BCUT2D eigenvalue weighted by molar-refractivity contribution is -0.385. The maximum absolute atomic E-state index is 11.7. The van der Waals surface area contributed by atoms with E-state index in [2.05, 4.69) is 5.32 Å². The Balaban J connectivity index is 2.30. The standard InChI is InChI=1S/C11H10N2O5S/c14-10(15)4-9-11(16)12-5-6-3-7(13(17)18)1-2-8(6)19-9/h1-3,9H,4-5H2,(H,12,16)(H,14,15). The molecule has 1 heterocycles. The largest absolute Gasteiger partial charge is 0.481 e. The SMILES string of the molecule is O=C(O)CC1Sc2ccc([N+](=O)[O-])cc2CNC1=O. The minimum Gasteiger partial charge on any atom is -0.481 e. The molecule has 8 heteroatoms. The second-order valence-electron chi connectivity index (χ2n) is 3.97. The molecule has 2 rings (SSSR count). The zero-order chi connectivity index (χ0) is 14.0. The quantitative estimate of drug-likeness (QED) is 0.636. The van der Waals surface area contributed by atoms with Crippen LogP contribution in [0, 0.1) is 10.1 Å². The molecule has 0 spiro atoms. The number of carbonyl (C=O) groups is 2. The van der Waals surface area contributed by atoms with Crippen LogP contribution >= 0.6 is 11.8 Å². The second kappa shape index (κ2) is 5.27. The Morgan fingerprint density at radius 1 is 1.58 bits per heavy atom. The van der Waals surface area contributed by atoms with Gasteiger partial charge in [-0.05, 0) is 11.6 Å². The van der Waals surface area contributed by atoms with Crippen molar-refractivity contribution in [1.82, 2.24) is 5.32 Å². The molecule has 2 N–H and O–H groups in total. The number of thioether (sulfide) groups is 1. The van der Waals surface area contributed by atoms with Crippen LogP contribution in [0.1, 0.15) is 12.0 Å². The lowest BCUT2D eigenvalue weighted by Gasteiger charge is -2.09. The van der Waals surface area contributed by atoms with Gasteiger partial charge in [-0.15, -0.1) is 11.8 Å². The number of nitro groups is 1. The van der Waals surface area contributed by atoms with Gasteiger partial charge in [0, 0.05) is 23.6 Å². The van der Waals surface area contributed by atoms with Crippen molar-refractivity contribution in [3.8, 4) is 0 Å². The molecule has 7 nitrogen and oxygen atoms in total. The minimum absolute atomic E-state index is 0.0507. The van der Waals surface area contributed by atoms with Crippen molar-refractivity contribution in [2.45, 2.75) is 23.1 Å². The molecular weight excluding hydrogens is 272 g/mol. The van der Waals surface area contributed by atoms with Gasteiger partial charge in [-0.25, -0.2) is 0 Å². The zero-order valence-corrected chi connectivity index (χ0v) is 10.5. The lowest BCUT2D eigenvalue weighted by Crippen LogP contribution is -2.31. The van der Waals surface area contributed by atoms with Crippen molar-refractivity contribution in [2.75, 3.05) is 0 Å². The van der Waals surface area contributed by atoms with Gasteiger partial charge in [-0.3, -0.25) is 19.7 Å². The Hall–Kier alpha value is -2.09. The van der Waals surface area contributed by atoms with Gasteiger partial charge in [-0.1, -0.05) is 0 Å². The molecule has 1 aromatic carbocycles. The number of carboxylic acids is 1. The molecule has 0 radical (unpaired) electrons. The molecule has 1 aliphatic rings. The first-order valence-corrected chi connectivity index (χ1v) is 6.29. The molecule has 1 unspecified atom stereocenters. The molecule has 0 fully saturated rings. The number of fused-ring (bicyclic) bond motifs is 1. The first-order chi connectivity index (χ1) is 8.97. The summed E-state index contributed by atoms with van der Waals surface area (Å²) < 4.78 is 0. The topological polar surface area (TPSA) is 110 Å². The van der Waals surface area contributed by atoms with E-state index in [1.807, 2.05) is 0 Å². The fourth-order valence-corrected chi connectivity index (χ4v) is 2.88. The van der Waals surface area contributed by atoms with Crippen LogP contribution in [-0.2, 0) is 16.1 Å². The van der Waals surface area contributed by atoms with E-state index in [4.69, 9.17) is 5.11 Å². The van der Waals surface area contributed by atoms with E-state index in [0.29, 0.717) is 10.5 Å². The molecule has 100 valence electrons. The van der Waals surface area contributed by atoms with Crippen molar-refractivity contribution >= 4 is 29.3 Å². The number of aliphatic carboxylic acids is 1. The van der Waals surface area contributed by atoms with E-state index in [1.54, 1.807) is 6.07 Å². The van der Waals surface area contributed by atoms with Crippen molar-refractivity contribution in [2.24, 2.45) is 0 Å². The summed E-state index contributed by atoms with van der Waals surface area (Å²) in [5, 5.41) is 21.3. The Kier molecular flexibility index (Phi) is 3.70. The van der Waals surface area contributed by atoms with E-state index < -0.39 is 16.1 Å². The molecule has 1 amide bonds. The Bertz CT molecular complexity index is 560. The Morgan fingerprint density at radius 2 is 2.32 bits per heavy atom. The number of hydrogen-bond donors (Lipinski definition) is 2. The predicted molar refractivity (Wildman–Crippen MR) is 66.8 cm³/mol. The monoisotopic (exact) mass is 282 g/mol. The predicted octanol–water partition coefficient (Wildman–Crippen LogP) is 1.16. The molecule has 1 atom stereocenters. The number of rotatable bonds is 3. The third-order valence-corrected chi connectivity index (χ3v) is 3.95. The summed E-state index contributed by atoms with van der Waals surface area (Å²) >= 11 is 1.12. The Morgan fingerprint density at radius 3 is 2.95 bits per heavy atom. The molecule has 0 aromatic heterocycles. The van der Waals surface area contributed by atoms with Gasteiger partial charge < -0.3 is 10.4 Å². The number of nitrogens with one attached hydrogen (secondary N) is 1. The van der Waals surface area contributed by atoms with Crippen LogP contribution in [0.3, 0.4) is 0 Å². The number of carboxylic acid groups (broad SMARTS) is 1. The van der Waals surface area contributed by atoms with Crippen molar-refractivity contribution < 1.29 is 19.6 Å². The first kappa shape index (κ1) is 13.3. The number of non-ortho nitro benzene ring substituents is 1. The van der Waals surface area contributed by atoms with E-state index in [0.717, 1.165) is 11.8 Å². The van der Waals surface area contributed by atoms with E-state index >= 15 is 0 Å². The van der Waals surface area contributed by atoms with Gasteiger partial charge in [0.1, 0.15) is 0 Å². The molecule has 1 aliphatic heterocycles. The normalized spacial score (nSPS) is 18.1. The molecule has 0 bridgehead atoms. The van der Waals surface area contributed by atoms with Crippen LogP contribution < -0.4 is 5.32 Å². The highest BCUT2D eigenvalue weighted by atomic mass is 32.2. The summed E-state index contributed by atoms with van der Waals surface area (Å²) in [5.41, 5.74) is 0.575. The number of hydrogen-bond acceptors (Lipinski definition) is 5. The highest BCUT2D eigenvalue weighted by Gasteiger charge is 2.27. The maximum Gasteiger partial charge on any atom is 0.305 e. The summed E-state index contributed by atoms with van der Waals surface area (Å²) in [4.78, 5) is 33.3. The van der Waals surface area contributed by atoms with Crippen LogP contribution in [-0.4, -0.2) is 27.2 Å². The van der Waals surface area contributed by atoms with Crippen molar-refractivity contribution in [3.63, 3.8) is 0 Å². The van der Waals surface area contributed by atoms with Crippen LogP contribution in [0.15, 0.2) is 23.1 Å². The third-order valence-electron chi connectivity index (χ3n) is 2.63. The van der Waals surface area contributed by atoms with Crippen LogP contribution in [0.2, 0.25) is 0 Å². The summed E-state index contributed by atoms with van der Waals surface area (Å²) in [7, 11) is 0. The van der Waals surface area contributed by atoms with Gasteiger partial charge >= 0.3 is 5.97 Å². The summed E-state index contributed by atoms with van der Waals surface area (Å²) in [6, 6.07) is 4.29. The van der Waals surface area contributed by atoms with Gasteiger partial charge in [-0.2, -0.15) is 0 Å². The van der Waals surface area contributed by atoms with Crippen LogP contribution in [0.5, 0.6) is 0 Å². The smallest absolute Gasteiger partial charge is 0.305 e. The van der Waals surface area contributed by atoms with Crippen LogP contribution in [0.4, 0.5) is 5.69 Å². The fourth-order valence-electron chi connectivity index (χ4n) is 1.73. The Labute approximate surface area is 112 Å². The molecule has 0 saturated carbocycles. The molecular formula is C11H10N2O5S. The highest BCUT2D eigenvalue weighted by Crippen LogP contribution is 2.33. The lowest BCUT2D eigenvalue weighted by atomic mass is 10.2. The maximum atomic E-state index is 11.7. The summed E-state index contributed by atoms with van der Waals surface area (Å²) in [6.45, 7) is 0.166. The number of carbonyl (C=O) groups excluding carboxylic acids is 1. The molecule has 1 aromatic rings. The van der Waals surface area contributed by atoms with Gasteiger partial charge in [0.2, 0.25) is 5.91 Å². The number of amides is 1. The van der Waals surface area contributed by atoms with Gasteiger partial charge in [0.05, 0.1) is 16.6 Å². The number of nitro benzene ring substituents is 1. The molecule has 0 aliphatic carbocycles. The molecule has 0 saturated heterocycles.